The summed E-state index contributed by atoms with van der Waals surface area (Å²) in [5.41, 5.74) is -0.936. The van der Waals surface area contributed by atoms with Crippen LogP contribution in [0.4, 0.5) is 4.79 Å². The number of hydrogen-bond acceptors (Lipinski definition) is 15. The van der Waals surface area contributed by atoms with E-state index in [4.69, 9.17) is 44.9 Å². The van der Waals surface area contributed by atoms with Crippen LogP contribution in [0, 0.1) is 23.7 Å². The lowest BCUT2D eigenvalue weighted by molar-refractivity contribution is -0.295. The molecule has 3 saturated heterocycles. The lowest BCUT2D eigenvalue weighted by Crippen LogP contribution is -2.63. The molecule has 0 saturated carbocycles. The van der Waals surface area contributed by atoms with E-state index in [2.05, 4.69) is 10.1 Å². The van der Waals surface area contributed by atoms with Gasteiger partial charge in [0.25, 0.3) is 0 Å². The van der Waals surface area contributed by atoms with Crippen molar-refractivity contribution in [1.29, 1.82) is 0 Å². The smallest absolute Gasteiger partial charge is 0.431 e. The predicted octanol–water partition coefficient (Wildman–Crippen LogP) is 5.54. The van der Waals surface area contributed by atoms with Crippen LogP contribution in [-0.4, -0.2) is 136 Å². The van der Waals surface area contributed by atoms with Crippen LogP contribution in [-0.2, 0) is 39.7 Å². The Balaban J connectivity index is 1.36. The third-order valence-electron chi connectivity index (χ3n) is 12.9. The van der Waals surface area contributed by atoms with Gasteiger partial charge in [-0.1, -0.05) is 44.5 Å². The van der Waals surface area contributed by atoms with Crippen LogP contribution in [0.25, 0.3) is 11.4 Å². The SMILES string of the molecule is CC[C@H]1OC(=O)[C@@H](C)C(=O)[C@@H](C)[C@H](O[C@H]2O[C@@H](C)C[C@@H](N(C)C)[C@@H]2O)C(C)(OC)C[C@@H](C)C2=NN(CCCc3nc(-c4ccc(Cl)cc4)no3)N3C(=O)O[C@@]1(C)[C@H]3[C@@H]2C. The molecule has 3 fully saturated rings. The van der Waals surface area contributed by atoms with Crippen LogP contribution in [0.2, 0.25) is 5.02 Å². The number of likely N-dealkylation sites (N-methyl/N-ethyl adjacent to an activating group) is 1. The average molecular weight is 845 g/mol. The third-order valence-corrected chi connectivity index (χ3v) is 13.1. The van der Waals surface area contributed by atoms with E-state index in [9.17, 15) is 19.5 Å². The molecule has 4 aliphatic rings. The van der Waals surface area contributed by atoms with Crippen LogP contribution in [0.15, 0.2) is 33.9 Å². The summed E-state index contributed by atoms with van der Waals surface area (Å²) in [6, 6.07) is 6.26. The van der Waals surface area contributed by atoms with E-state index in [-0.39, 0.29) is 30.5 Å². The molecule has 1 amide bonds. The number of cyclic esters (lactones) is 1. The second-order valence-electron chi connectivity index (χ2n) is 17.4. The molecule has 2 aromatic rings. The standard InChI is InChI=1S/C42H61ClN6O10/c1-12-30-42(8)35-24(4)32(45-48(49(35)40(53)58-42)19-13-14-31-44-37(46-59-31)27-15-17-28(43)18-16-27)22(2)21-41(7,54-11)36(25(5)33(50)26(6)38(52)56-30)57-39-34(51)29(47(9)10)20-23(3)55-39/h15-18,22-26,29-30,34-36,39,51H,12-14,19-21H2,1-11H3/t22-,23+,24-,25-,26+,29-,30-,34+,35-,36+,39-,41?,42-/m1/s1. The van der Waals surface area contributed by atoms with Gasteiger partial charge in [0.05, 0.1) is 24.4 Å². The molecule has 0 aliphatic carbocycles. The second kappa shape index (κ2) is 17.7. The minimum atomic E-state index is -1.30. The number of amides is 1. The molecule has 6 rings (SSSR count). The van der Waals surface area contributed by atoms with Crippen molar-refractivity contribution in [1.82, 2.24) is 25.2 Å². The number of hydrazine groups is 1. The minimum absolute atomic E-state index is 0.240. The molecule has 5 heterocycles. The van der Waals surface area contributed by atoms with E-state index in [0.717, 1.165) is 11.3 Å². The fourth-order valence-electron chi connectivity index (χ4n) is 9.56. The molecule has 16 nitrogen and oxygen atoms in total. The Hall–Kier alpha value is -3.67. The summed E-state index contributed by atoms with van der Waals surface area (Å²) in [4.78, 5) is 48.8. The summed E-state index contributed by atoms with van der Waals surface area (Å²) in [5.74, 6) is -3.05. The largest absolute Gasteiger partial charge is 0.457 e. The number of fused-ring (bicyclic) bond motifs is 1. The molecule has 1 unspecified atom stereocenters. The highest BCUT2D eigenvalue weighted by molar-refractivity contribution is 6.30. The lowest BCUT2D eigenvalue weighted by atomic mass is 9.73. The van der Waals surface area contributed by atoms with Crippen molar-refractivity contribution in [3.8, 4) is 11.4 Å². The van der Waals surface area contributed by atoms with E-state index in [1.165, 1.54) is 11.9 Å². The number of nitrogens with zero attached hydrogens (tertiary/aromatic N) is 6. The fourth-order valence-corrected chi connectivity index (χ4v) is 9.69. The van der Waals surface area contributed by atoms with Crippen molar-refractivity contribution in [2.45, 2.75) is 141 Å². The summed E-state index contributed by atoms with van der Waals surface area (Å²) in [6.07, 6.45) is -2.73. The Morgan fingerprint density at radius 2 is 1.75 bits per heavy atom. The number of Topliss-reactive ketones (excluding diaryl/α,β-unsaturated/α-hetero) is 1. The van der Waals surface area contributed by atoms with E-state index in [1.54, 1.807) is 38.2 Å². The summed E-state index contributed by atoms with van der Waals surface area (Å²) < 4.78 is 37.2. The number of benzene rings is 1. The molecule has 1 aromatic heterocycles. The number of aromatic nitrogens is 2. The Kier molecular flexibility index (Phi) is 13.5. The first-order valence-electron chi connectivity index (χ1n) is 20.7. The van der Waals surface area contributed by atoms with Crippen molar-refractivity contribution in [3.05, 3.63) is 35.2 Å². The van der Waals surface area contributed by atoms with Gasteiger partial charge in [0, 0.05) is 47.7 Å². The fraction of sp³-hybridized carbons (Fsp3) is 0.714. The van der Waals surface area contributed by atoms with Gasteiger partial charge < -0.3 is 38.2 Å². The van der Waals surface area contributed by atoms with Gasteiger partial charge in [0.1, 0.15) is 24.2 Å². The number of halogens is 1. The average Bonchev–Trinajstić information content (AvgIpc) is 3.78. The molecule has 326 valence electrons. The number of ketones is 1. The molecule has 4 aliphatic heterocycles. The number of ether oxygens (including phenoxy) is 5. The number of aliphatic hydroxyl groups excluding tert-OH is 1. The zero-order valence-electron chi connectivity index (χ0n) is 36.1. The molecule has 59 heavy (non-hydrogen) atoms. The number of methoxy groups -OCH3 is 1. The van der Waals surface area contributed by atoms with Crippen molar-refractivity contribution in [2.75, 3.05) is 27.7 Å². The molecule has 13 atom stereocenters. The maximum absolute atomic E-state index is 14.4. The van der Waals surface area contributed by atoms with E-state index < -0.39 is 71.5 Å². The molecule has 1 N–H and O–H groups in total. The van der Waals surface area contributed by atoms with Crippen molar-refractivity contribution >= 4 is 35.2 Å². The zero-order chi connectivity index (χ0) is 43.1. The number of carbonyl (C=O) groups is 3. The monoisotopic (exact) mass is 844 g/mol. The zero-order valence-corrected chi connectivity index (χ0v) is 36.8. The number of aryl methyl sites for hydroxylation is 1. The van der Waals surface area contributed by atoms with Crippen LogP contribution in [0.3, 0.4) is 0 Å². The van der Waals surface area contributed by atoms with Gasteiger partial charge in [0.15, 0.2) is 17.7 Å². The lowest BCUT2D eigenvalue weighted by Gasteiger charge is -2.49. The van der Waals surface area contributed by atoms with Gasteiger partial charge in [0.2, 0.25) is 11.7 Å². The molecule has 0 radical (unpaired) electrons. The van der Waals surface area contributed by atoms with Crippen LogP contribution in [0.1, 0.15) is 87.0 Å². The van der Waals surface area contributed by atoms with Crippen LogP contribution in [0.5, 0.6) is 0 Å². The highest BCUT2D eigenvalue weighted by Gasteiger charge is 2.63. The van der Waals surface area contributed by atoms with Crippen LogP contribution >= 0.6 is 11.6 Å². The first-order chi connectivity index (χ1) is 27.8. The second-order valence-corrected chi connectivity index (χ2v) is 17.8. The molecule has 0 spiro atoms. The van der Waals surface area contributed by atoms with Gasteiger partial charge in [-0.3, -0.25) is 9.59 Å². The number of rotatable bonds is 10. The van der Waals surface area contributed by atoms with Crippen molar-refractivity contribution in [2.24, 2.45) is 28.8 Å². The first kappa shape index (κ1) is 44.9. The van der Waals surface area contributed by atoms with E-state index >= 15 is 0 Å². The molecular weight excluding hydrogens is 784 g/mol. The molecule has 2 bridgehead atoms. The van der Waals surface area contributed by atoms with Gasteiger partial charge >= 0.3 is 12.1 Å². The number of carbonyl (C=O) groups excluding carboxylic acids is 3. The Labute approximate surface area is 351 Å². The molecule has 17 heteroatoms. The van der Waals surface area contributed by atoms with E-state index in [0.29, 0.717) is 48.8 Å². The third kappa shape index (κ3) is 8.76. The van der Waals surface area contributed by atoms with Gasteiger partial charge in [-0.05, 0) is 97.7 Å². The van der Waals surface area contributed by atoms with Gasteiger partial charge in [-0.2, -0.15) is 20.2 Å². The van der Waals surface area contributed by atoms with Crippen molar-refractivity contribution < 1.29 is 47.7 Å². The number of esters is 1. The minimum Gasteiger partial charge on any atom is -0.457 e. The number of hydrogen-bond donors (Lipinski definition) is 1. The Bertz CT molecular complexity index is 1860. The van der Waals surface area contributed by atoms with Crippen LogP contribution < -0.4 is 0 Å². The maximum Gasteiger partial charge on any atom is 0.431 e. The summed E-state index contributed by atoms with van der Waals surface area (Å²) >= 11 is 6.06. The highest BCUT2D eigenvalue weighted by atomic mass is 35.5. The van der Waals surface area contributed by atoms with Crippen molar-refractivity contribution in [3.63, 3.8) is 0 Å². The maximum atomic E-state index is 14.4. The Morgan fingerprint density at radius 1 is 1.05 bits per heavy atom. The topological polar surface area (TPSA) is 179 Å². The quantitative estimate of drug-likeness (QED) is 0.233. The number of aliphatic hydroxyl groups is 1. The summed E-state index contributed by atoms with van der Waals surface area (Å²) in [7, 11) is 5.35. The molecular formula is C42H61ClN6O10. The summed E-state index contributed by atoms with van der Waals surface area (Å²) in [6.45, 7) is 15.0. The summed E-state index contributed by atoms with van der Waals surface area (Å²) in [5, 5.41) is 24.6. The predicted molar refractivity (Wildman–Crippen MR) is 217 cm³/mol. The first-order valence-corrected chi connectivity index (χ1v) is 21.1. The van der Waals surface area contributed by atoms with Gasteiger partial charge in [-0.15, -0.1) is 0 Å². The molecule has 1 aromatic carbocycles. The van der Waals surface area contributed by atoms with Gasteiger partial charge in [-0.25, -0.2) is 4.79 Å². The van der Waals surface area contributed by atoms with E-state index in [1.807, 2.05) is 65.7 Å². The number of hydrazone groups is 1. The highest BCUT2D eigenvalue weighted by Crippen LogP contribution is 2.46. The normalized spacial score (nSPS) is 36.9. The Morgan fingerprint density at radius 3 is 2.39 bits per heavy atom.